The molecule has 0 atom stereocenters. The number of hydrogen-bond acceptors (Lipinski definition) is 4. The van der Waals surface area contributed by atoms with Crippen LogP contribution in [0.3, 0.4) is 0 Å². The van der Waals surface area contributed by atoms with Gasteiger partial charge in [0.05, 0.1) is 5.69 Å². The van der Waals surface area contributed by atoms with Gasteiger partial charge in [0, 0.05) is 30.0 Å². The number of nitrogens with zero attached hydrogens (tertiary/aromatic N) is 2. The molecule has 0 N–H and O–H groups in total. The SMILES string of the molecule is CC(=O)CCN(Cc1ccccc1)c1nc(-c2ccc(C)c(C)c2)c(CC(C)C)s1. The van der Waals surface area contributed by atoms with Crippen molar-refractivity contribution in [2.75, 3.05) is 11.4 Å². The van der Waals surface area contributed by atoms with Crippen molar-refractivity contribution in [1.82, 2.24) is 4.98 Å². The van der Waals surface area contributed by atoms with Crippen molar-refractivity contribution in [2.24, 2.45) is 5.92 Å². The Kier molecular flexibility index (Phi) is 7.43. The highest BCUT2D eigenvalue weighted by atomic mass is 32.1. The van der Waals surface area contributed by atoms with E-state index in [-0.39, 0.29) is 5.78 Å². The van der Waals surface area contributed by atoms with Crippen molar-refractivity contribution in [3.05, 3.63) is 70.1 Å². The Morgan fingerprint density at radius 3 is 2.43 bits per heavy atom. The molecule has 158 valence electrons. The molecular weight excluding hydrogens is 388 g/mol. The standard InChI is InChI=1S/C26H32N2OS/c1-18(2)15-24-25(23-12-11-19(3)20(4)16-23)27-26(30-24)28(14-13-21(5)29)17-22-9-7-6-8-10-22/h6-12,16,18H,13-15,17H2,1-5H3. The first-order valence-corrected chi connectivity index (χ1v) is 11.5. The fourth-order valence-corrected chi connectivity index (χ4v) is 4.76. The van der Waals surface area contributed by atoms with Crippen LogP contribution >= 0.6 is 11.3 Å². The van der Waals surface area contributed by atoms with Crippen LogP contribution < -0.4 is 4.90 Å². The van der Waals surface area contributed by atoms with E-state index in [4.69, 9.17) is 4.98 Å². The Balaban J connectivity index is 2.00. The Hall–Kier alpha value is -2.46. The minimum Gasteiger partial charge on any atom is -0.343 e. The molecule has 0 spiro atoms. The van der Waals surface area contributed by atoms with Gasteiger partial charge in [-0.2, -0.15) is 0 Å². The molecule has 0 bridgehead atoms. The van der Waals surface area contributed by atoms with E-state index in [0.717, 1.165) is 23.8 Å². The number of hydrogen-bond donors (Lipinski definition) is 0. The van der Waals surface area contributed by atoms with E-state index in [2.05, 4.69) is 75.1 Å². The lowest BCUT2D eigenvalue weighted by Crippen LogP contribution is -2.25. The van der Waals surface area contributed by atoms with E-state index in [1.165, 1.54) is 27.1 Å². The first-order chi connectivity index (χ1) is 14.3. The number of ketones is 1. The molecule has 0 aliphatic carbocycles. The zero-order chi connectivity index (χ0) is 21.7. The Morgan fingerprint density at radius 1 is 1.07 bits per heavy atom. The number of carbonyl (C=O) groups excluding carboxylic acids is 1. The molecule has 30 heavy (non-hydrogen) atoms. The third kappa shape index (κ3) is 5.79. The summed E-state index contributed by atoms with van der Waals surface area (Å²) in [6.45, 7) is 11.9. The summed E-state index contributed by atoms with van der Waals surface area (Å²) in [5.41, 5.74) is 6.09. The van der Waals surface area contributed by atoms with E-state index < -0.39 is 0 Å². The van der Waals surface area contributed by atoms with Crippen LogP contribution in [0.15, 0.2) is 48.5 Å². The maximum absolute atomic E-state index is 11.7. The fraction of sp³-hybridized carbons (Fsp3) is 0.385. The molecule has 4 heteroatoms. The highest BCUT2D eigenvalue weighted by molar-refractivity contribution is 7.16. The van der Waals surface area contributed by atoms with Gasteiger partial charge in [0.1, 0.15) is 5.78 Å². The van der Waals surface area contributed by atoms with Crippen LogP contribution in [0, 0.1) is 19.8 Å². The molecule has 3 aromatic rings. The zero-order valence-corrected chi connectivity index (χ0v) is 19.6. The summed E-state index contributed by atoms with van der Waals surface area (Å²) in [4.78, 5) is 20.4. The zero-order valence-electron chi connectivity index (χ0n) is 18.7. The molecule has 0 fully saturated rings. The molecule has 0 saturated heterocycles. The molecule has 3 nitrogen and oxygen atoms in total. The summed E-state index contributed by atoms with van der Waals surface area (Å²) in [6, 6.07) is 17.0. The number of aromatic nitrogens is 1. The number of Topliss-reactive ketones (excluding diaryl/α,β-unsaturated/α-hetero) is 1. The Morgan fingerprint density at radius 2 is 1.80 bits per heavy atom. The summed E-state index contributed by atoms with van der Waals surface area (Å²) in [7, 11) is 0. The minimum atomic E-state index is 0.210. The second-order valence-electron chi connectivity index (χ2n) is 8.52. The fourth-order valence-electron chi connectivity index (χ4n) is 3.44. The van der Waals surface area contributed by atoms with E-state index >= 15 is 0 Å². The second-order valence-corrected chi connectivity index (χ2v) is 9.59. The van der Waals surface area contributed by atoms with E-state index in [0.29, 0.717) is 18.9 Å². The normalized spacial score (nSPS) is 11.1. The van der Waals surface area contributed by atoms with Gasteiger partial charge in [-0.3, -0.25) is 4.79 Å². The molecule has 2 aromatic carbocycles. The van der Waals surface area contributed by atoms with Crippen LogP contribution in [0.25, 0.3) is 11.3 Å². The van der Waals surface area contributed by atoms with Gasteiger partial charge >= 0.3 is 0 Å². The summed E-state index contributed by atoms with van der Waals surface area (Å²) in [5.74, 6) is 0.768. The monoisotopic (exact) mass is 420 g/mol. The maximum Gasteiger partial charge on any atom is 0.186 e. The van der Waals surface area contributed by atoms with Gasteiger partial charge in [-0.05, 0) is 55.9 Å². The highest BCUT2D eigenvalue weighted by Crippen LogP contribution is 2.36. The lowest BCUT2D eigenvalue weighted by Gasteiger charge is -2.21. The average Bonchev–Trinajstić information content (AvgIpc) is 3.11. The van der Waals surface area contributed by atoms with Crippen LogP contribution in [0.2, 0.25) is 0 Å². The van der Waals surface area contributed by atoms with Gasteiger partial charge in [-0.1, -0.05) is 56.3 Å². The van der Waals surface area contributed by atoms with Crippen molar-refractivity contribution >= 4 is 22.3 Å². The van der Waals surface area contributed by atoms with Gasteiger partial charge in [0.25, 0.3) is 0 Å². The quantitative estimate of drug-likeness (QED) is 0.390. The number of aryl methyl sites for hydroxylation is 2. The number of carbonyl (C=O) groups is 1. The summed E-state index contributed by atoms with van der Waals surface area (Å²) in [6.07, 6.45) is 1.54. The Bertz CT molecular complexity index is 992. The first kappa shape index (κ1) is 22.2. The molecule has 0 radical (unpaired) electrons. The van der Waals surface area contributed by atoms with Crippen molar-refractivity contribution in [2.45, 2.75) is 54.0 Å². The Labute approximate surface area is 184 Å². The predicted octanol–water partition coefficient (Wildman–Crippen LogP) is 6.61. The molecular formula is C26H32N2OS. The highest BCUT2D eigenvalue weighted by Gasteiger charge is 2.19. The smallest absolute Gasteiger partial charge is 0.186 e. The van der Waals surface area contributed by atoms with Crippen molar-refractivity contribution in [3.8, 4) is 11.3 Å². The third-order valence-corrected chi connectivity index (χ3v) is 6.42. The summed E-state index contributed by atoms with van der Waals surface area (Å²) < 4.78 is 0. The van der Waals surface area contributed by atoms with Crippen LogP contribution in [0.4, 0.5) is 5.13 Å². The summed E-state index contributed by atoms with van der Waals surface area (Å²) in [5, 5.41) is 1.00. The van der Waals surface area contributed by atoms with Crippen LogP contribution in [0.1, 0.15) is 48.8 Å². The minimum absolute atomic E-state index is 0.210. The largest absolute Gasteiger partial charge is 0.343 e. The van der Waals surface area contributed by atoms with E-state index in [1.54, 1.807) is 18.3 Å². The molecule has 0 aliphatic heterocycles. The van der Waals surface area contributed by atoms with Gasteiger partial charge in [0.15, 0.2) is 5.13 Å². The molecule has 0 saturated carbocycles. The topological polar surface area (TPSA) is 33.2 Å². The van der Waals surface area contributed by atoms with Crippen LogP contribution in [0.5, 0.6) is 0 Å². The molecule has 0 unspecified atom stereocenters. The molecule has 0 aliphatic rings. The summed E-state index contributed by atoms with van der Waals surface area (Å²) >= 11 is 1.78. The molecule has 1 heterocycles. The van der Waals surface area contributed by atoms with E-state index in [9.17, 15) is 4.79 Å². The van der Waals surface area contributed by atoms with Gasteiger partial charge < -0.3 is 4.90 Å². The second kappa shape index (κ2) is 10.0. The van der Waals surface area contributed by atoms with Crippen LogP contribution in [-0.2, 0) is 17.8 Å². The van der Waals surface area contributed by atoms with Gasteiger partial charge in [-0.15, -0.1) is 11.3 Å². The maximum atomic E-state index is 11.7. The van der Waals surface area contributed by atoms with E-state index in [1.807, 2.05) is 6.07 Å². The molecule has 3 rings (SSSR count). The van der Waals surface area contributed by atoms with Crippen molar-refractivity contribution in [3.63, 3.8) is 0 Å². The lowest BCUT2D eigenvalue weighted by atomic mass is 10.0. The average molecular weight is 421 g/mol. The third-order valence-electron chi connectivity index (χ3n) is 5.28. The molecule has 0 amide bonds. The van der Waals surface area contributed by atoms with Crippen molar-refractivity contribution in [1.29, 1.82) is 0 Å². The number of anilines is 1. The van der Waals surface area contributed by atoms with Crippen LogP contribution in [-0.4, -0.2) is 17.3 Å². The number of thiazole rings is 1. The predicted molar refractivity (Wildman–Crippen MR) is 128 cm³/mol. The first-order valence-electron chi connectivity index (χ1n) is 10.7. The van der Waals surface area contributed by atoms with Gasteiger partial charge in [0.2, 0.25) is 0 Å². The molecule has 1 aromatic heterocycles. The number of rotatable bonds is 9. The lowest BCUT2D eigenvalue weighted by molar-refractivity contribution is -0.116. The van der Waals surface area contributed by atoms with Gasteiger partial charge in [-0.25, -0.2) is 4.98 Å². The van der Waals surface area contributed by atoms with Crippen molar-refractivity contribution < 1.29 is 4.79 Å². The number of benzene rings is 2.